The van der Waals surface area contributed by atoms with Crippen molar-refractivity contribution in [2.75, 3.05) is 19.6 Å². The maximum atomic E-state index is 2.60. The van der Waals surface area contributed by atoms with Crippen molar-refractivity contribution >= 4 is 0 Å². The number of nitrogens with zero attached hydrogens (tertiary/aromatic N) is 1. The molecule has 0 spiro atoms. The molecular weight excluding hydrogens is 158 g/mol. The quantitative estimate of drug-likeness (QED) is 0.635. The van der Waals surface area contributed by atoms with E-state index in [0.29, 0.717) is 5.41 Å². The van der Waals surface area contributed by atoms with E-state index in [9.17, 15) is 0 Å². The van der Waals surface area contributed by atoms with Crippen molar-refractivity contribution < 1.29 is 0 Å². The Kier molecular flexibility index (Phi) is 3.78. The number of hydrogen-bond donors (Lipinski definition) is 0. The van der Waals surface area contributed by atoms with Crippen LogP contribution in [0.25, 0.3) is 0 Å². The molecule has 1 fully saturated rings. The first kappa shape index (κ1) is 11.0. The molecular formula is C12H25N. The lowest BCUT2D eigenvalue weighted by Gasteiger charge is -2.35. The SMILES string of the molecule is CCN1CCCC(CC(C)(C)C)C1. The smallest absolute Gasteiger partial charge is 0.000975 e. The van der Waals surface area contributed by atoms with Gasteiger partial charge >= 0.3 is 0 Å². The maximum Gasteiger partial charge on any atom is 0.000975 e. The first-order valence-corrected chi connectivity index (χ1v) is 5.73. The average molecular weight is 183 g/mol. The van der Waals surface area contributed by atoms with Crippen molar-refractivity contribution in [2.45, 2.75) is 47.0 Å². The molecule has 1 nitrogen and oxygen atoms in total. The molecule has 0 aromatic heterocycles. The molecule has 1 unspecified atom stereocenters. The van der Waals surface area contributed by atoms with Crippen molar-refractivity contribution in [2.24, 2.45) is 11.3 Å². The normalized spacial score (nSPS) is 26.3. The third-order valence-electron chi connectivity index (χ3n) is 2.95. The molecule has 0 amide bonds. The van der Waals surface area contributed by atoms with Crippen LogP contribution in [0.15, 0.2) is 0 Å². The van der Waals surface area contributed by atoms with Gasteiger partial charge in [0, 0.05) is 6.54 Å². The highest BCUT2D eigenvalue weighted by Crippen LogP contribution is 2.29. The van der Waals surface area contributed by atoms with E-state index in [1.165, 1.54) is 38.9 Å². The molecule has 0 aromatic rings. The van der Waals surface area contributed by atoms with E-state index < -0.39 is 0 Å². The van der Waals surface area contributed by atoms with E-state index in [4.69, 9.17) is 0 Å². The van der Waals surface area contributed by atoms with E-state index in [2.05, 4.69) is 32.6 Å². The van der Waals surface area contributed by atoms with Gasteiger partial charge in [0.15, 0.2) is 0 Å². The first-order chi connectivity index (χ1) is 6.01. The van der Waals surface area contributed by atoms with Crippen LogP contribution >= 0.6 is 0 Å². The summed E-state index contributed by atoms with van der Waals surface area (Å²) in [5, 5.41) is 0. The van der Waals surface area contributed by atoms with Crippen molar-refractivity contribution in [3.8, 4) is 0 Å². The molecule has 1 saturated heterocycles. The Hall–Kier alpha value is -0.0400. The van der Waals surface area contributed by atoms with Crippen LogP contribution in [0.3, 0.4) is 0 Å². The molecule has 0 saturated carbocycles. The second-order valence-electron chi connectivity index (χ2n) is 5.67. The zero-order valence-electron chi connectivity index (χ0n) is 9.77. The van der Waals surface area contributed by atoms with E-state index >= 15 is 0 Å². The Bertz CT molecular complexity index is 146. The third kappa shape index (κ3) is 4.12. The molecule has 13 heavy (non-hydrogen) atoms. The zero-order chi connectivity index (χ0) is 9.90. The molecule has 0 aromatic carbocycles. The summed E-state index contributed by atoms with van der Waals surface area (Å²) in [6, 6.07) is 0. The van der Waals surface area contributed by atoms with Crippen LogP contribution in [0.1, 0.15) is 47.0 Å². The van der Waals surface area contributed by atoms with Gasteiger partial charge < -0.3 is 4.90 Å². The third-order valence-corrected chi connectivity index (χ3v) is 2.95. The van der Waals surface area contributed by atoms with Crippen LogP contribution < -0.4 is 0 Å². The van der Waals surface area contributed by atoms with Gasteiger partial charge in [0.1, 0.15) is 0 Å². The monoisotopic (exact) mass is 183 g/mol. The highest BCUT2D eigenvalue weighted by Gasteiger charge is 2.23. The van der Waals surface area contributed by atoms with Crippen LogP contribution in [0, 0.1) is 11.3 Å². The van der Waals surface area contributed by atoms with Crippen LogP contribution in [-0.4, -0.2) is 24.5 Å². The fraction of sp³-hybridized carbons (Fsp3) is 1.00. The van der Waals surface area contributed by atoms with E-state index in [1.54, 1.807) is 0 Å². The van der Waals surface area contributed by atoms with Gasteiger partial charge in [-0.25, -0.2) is 0 Å². The second kappa shape index (κ2) is 4.45. The minimum Gasteiger partial charge on any atom is -0.303 e. The highest BCUT2D eigenvalue weighted by molar-refractivity contribution is 4.76. The summed E-state index contributed by atoms with van der Waals surface area (Å²) in [5.74, 6) is 0.952. The predicted octanol–water partition coefficient (Wildman–Crippen LogP) is 3.15. The van der Waals surface area contributed by atoms with Crippen molar-refractivity contribution in [1.82, 2.24) is 4.90 Å². The molecule has 78 valence electrons. The number of rotatable bonds is 2. The second-order valence-corrected chi connectivity index (χ2v) is 5.67. The average Bonchev–Trinajstić information content (AvgIpc) is 2.01. The van der Waals surface area contributed by atoms with Crippen LogP contribution in [0.2, 0.25) is 0 Å². The van der Waals surface area contributed by atoms with Gasteiger partial charge in [-0.2, -0.15) is 0 Å². The summed E-state index contributed by atoms with van der Waals surface area (Å²) in [7, 11) is 0. The van der Waals surface area contributed by atoms with Crippen LogP contribution in [0.5, 0.6) is 0 Å². The van der Waals surface area contributed by atoms with Crippen LogP contribution in [0.4, 0.5) is 0 Å². The van der Waals surface area contributed by atoms with Crippen LogP contribution in [-0.2, 0) is 0 Å². The molecule has 0 radical (unpaired) electrons. The summed E-state index contributed by atoms with van der Waals surface area (Å²) in [6.45, 7) is 13.3. The van der Waals surface area contributed by atoms with Gasteiger partial charge in [-0.05, 0) is 43.7 Å². The van der Waals surface area contributed by atoms with Gasteiger partial charge in [0.05, 0.1) is 0 Å². The van der Waals surface area contributed by atoms with Crippen molar-refractivity contribution in [3.63, 3.8) is 0 Å². The zero-order valence-corrected chi connectivity index (χ0v) is 9.77. The standard InChI is InChI=1S/C12H25N/c1-5-13-8-6-7-11(10-13)9-12(2,3)4/h11H,5-10H2,1-4H3. The summed E-state index contributed by atoms with van der Waals surface area (Å²) < 4.78 is 0. The molecule has 1 rings (SSSR count). The summed E-state index contributed by atoms with van der Waals surface area (Å²) >= 11 is 0. The fourth-order valence-corrected chi connectivity index (χ4v) is 2.47. The lowest BCUT2D eigenvalue weighted by Crippen LogP contribution is -2.36. The Balaban J connectivity index is 2.34. The summed E-state index contributed by atoms with van der Waals surface area (Å²) in [4.78, 5) is 2.60. The minimum atomic E-state index is 0.515. The van der Waals surface area contributed by atoms with Gasteiger partial charge in [0.2, 0.25) is 0 Å². The number of likely N-dealkylation sites (tertiary alicyclic amines) is 1. The summed E-state index contributed by atoms with van der Waals surface area (Å²) in [6.07, 6.45) is 4.26. The minimum absolute atomic E-state index is 0.515. The molecule has 0 aliphatic carbocycles. The Morgan fingerprint density at radius 2 is 2.00 bits per heavy atom. The Morgan fingerprint density at radius 1 is 1.31 bits per heavy atom. The topological polar surface area (TPSA) is 3.24 Å². The van der Waals surface area contributed by atoms with Gasteiger partial charge in [0.25, 0.3) is 0 Å². The lowest BCUT2D eigenvalue weighted by atomic mass is 9.81. The van der Waals surface area contributed by atoms with E-state index in [1.807, 2.05) is 0 Å². The number of piperidine rings is 1. The Morgan fingerprint density at radius 3 is 2.54 bits per heavy atom. The molecule has 1 aliphatic rings. The molecule has 0 bridgehead atoms. The van der Waals surface area contributed by atoms with Crippen molar-refractivity contribution in [3.05, 3.63) is 0 Å². The first-order valence-electron chi connectivity index (χ1n) is 5.73. The molecule has 1 aliphatic heterocycles. The van der Waals surface area contributed by atoms with Gasteiger partial charge in [-0.15, -0.1) is 0 Å². The molecule has 1 atom stereocenters. The lowest BCUT2D eigenvalue weighted by molar-refractivity contribution is 0.146. The maximum absolute atomic E-state index is 2.60. The van der Waals surface area contributed by atoms with Gasteiger partial charge in [-0.3, -0.25) is 0 Å². The number of hydrogen-bond acceptors (Lipinski definition) is 1. The fourth-order valence-electron chi connectivity index (χ4n) is 2.47. The molecule has 1 heteroatoms. The molecule has 1 heterocycles. The molecule has 0 N–H and O–H groups in total. The van der Waals surface area contributed by atoms with Crippen molar-refractivity contribution in [1.29, 1.82) is 0 Å². The predicted molar refractivity (Wildman–Crippen MR) is 58.9 cm³/mol. The largest absolute Gasteiger partial charge is 0.303 e. The van der Waals surface area contributed by atoms with Gasteiger partial charge in [-0.1, -0.05) is 27.7 Å². The van der Waals surface area contributed by atoms with E-state index in [0.717, 1.165) is 5.92 Å². The van der Waals surface area contributed by atoms with E-state index in [-0.39, 0.29) is 0 Å². The highest BCUT2D eigenvalue weighted by atomic mass is 15.1. The Labute approximate surface area is 83.5 Å². The summed E-state index contributed by atoms with van der Waals surface area (Å²) in [5.41, 5.74) is 0.515.